The first kappa shape index (κ1) is 13.6. The second-order valence-electron chi connectivity index (χ2n) is 4.42. The van der Waals surface area contributed by atoms with Crippen LogP contribution < -0.4 is 10.4 Å². The van der Waals surface area contributed by atoms with Crippen molar-refractivity contribution < 1.29 is 9.15 Å². The maximum absolute atomic E-state index is 12.0. The van der Waals surface area contributed by atoms with Crippen LogP contribution in [0.15, 0.2) is 33.5 Å². The summed E-state index contributed by atoms with van der Waals surface area (Å²) in [5.41, 5.74) is 0.988. The number of hydrogen-bond donors (Lipinski definition) is 0. The van der Waals surface area contributed by atoms with Gasteiger partial charge in [0.25, 0.3) is 0 Å². The van der Waals surface area contributed by atoms with Gasteiger partial charge in [-0.05, 0) is 31.3 Å². The molecule has 0 radical (unpaired) electrons. The second kappa shape index (κ2) is 5.89. The molecule has 0 saturated heterocycles. The van der Waals surface area contributed by atoms with Gasteiger partial charge in [0.05, 0.1) is 12.7 Å². The zero-order valence-corrected chi connectivity index (χ0v) is 11.6. The van der Waals surface area contributed by atoms with Crippen molar-refractivity contribution in [1.29, 1.82) is 0 Å². The molecular weight excluding hydrogens is 242 g/mol. The zero-order chi connectivity index (χ0) is 13.8. The van der Waals surface area contributed by atoms with Gasteiger partial charge in [0.1, 0.15) is 11.3 Å². The van der Waals surface area contributed by atoms with Crippen LogP contribution in [-0.4, -0.2) is 25.1 Å². The number of methoxy groups -OCH3 is 1. The topological polar surface area (TPSA) is 42.7 Å². The van der Waals surface area contributed by atoms with Gasteiger partial charge in [0.2, 0.25) is 0 Å². The van der Waals surface area contributed by atoms with Crippen LogP contribution in [0, 0.1) is 0 Å². The minimum atomic E-state index is -0.271. The molecule has 102 valence electrons. The average molecular weight is 261 g/mol. The lowest BCUT2D eigenvalue weighted by molar-refractivity contribution is 0.291. The molecule has 2 rings (SSSR count). The molecule has 0 atom stereocenters. The molecule has 19 heavy (non-hydrogen) atoms. The molecule has 4 heteroatoms. The molecule has 0 amide bonds. The van der Waals surface area contributed by atoms with E-state index in [1.807, 2.05) is 18.2 Å². The molecule has 0 aliphatic heterocycles. The summed E-state index contributed by atoms with van der Waals surface area (Å²) in [5.74, 6) is 0.687. The minimum Gasteiger partial charge on any atom is -0.497 e. The summed E-state index contributed by atoms with van der Waals surface area (Å²) in [6, 6.07) is 7.41. The van der Waals surface area contributed by atoms with E-state index in [4.69, 9.17) is 9.15 Å². The number of hydrogen-bond acceptors (Lipinski definition) is 4. The van der Waals surface area contributed by atoms with Crippen LogP contribution in [0.25, 0.3) is 11.0 Å². The average Bonchev–Trinajstić information content (AvgIpc) is 2.44. The molecular formula is C15H19NO3. The molecule has 0 aliphatic carbocycles. The van der Waals surface area contributed by atoms with Crippen molar-refractivity contribution >= 4 is 11.0 Å². The third-order valence-electron chi connectivity index (χ3n) is 3.30. The van der Waals surface area contributed by atoms with E-state index in [0.717, 1.165) is 18.5 Å². The van der Waals surface area contributed by atoms with E-state index in [9.17, 15) is 4.79 Å². The van der Waals surface area contributed by atoms with Gasteiger partial charge in [-0.2, -0.15) is 0 Å². The van der Waals surface area contributed by atoms with Crippen molar-refractivity contribution in [3.8, 4) is 5.75 Å². The largest absolute Gasteiger partial charge is 0.497 e. The van der Waals surface area contributed by atoms with Crippen LogP contribution in [-0.2, 0) is 6.54 Å². The molecule has 0 spiro atoms. The summed E-state index contributed by atoms with van der Waals surface area (Å²) in [6.45, 7) is 6.61. The van der Waals surface area contributed by atoms with Crippen LogP contribution in [0.1, 0.15) is 19.4 Å². The number of fused-ring (bicyclic) bond motifs is 1. The minimum absolute atomic E-state index is 0.271. The molecule has 0 aliphatic rings. The van der Waals surface area contributed by atoms with Crippen molar-refractivity contribution in [1.82, 2.24) is 4.90 Å². The fourth-order valence-electron chi connectivity index (χ4n) is 2.06. The van der Waals surface area contributed by atoms with Crippen LogP contribution in [0.5, 0.6) is 5.75 Å². The molecule has 1 heterocycles. The maximum Gasteiger partial charge on any atom is 0.340 e. The Hall–Kier alpha value is -1.81. The molecule has 2 aromatic rings. The Balaban J connectivity index is 2.41. The van der Waals surface area contributed by atoms with Crippen LogP contribution in [0.3, 0.4) is 0 Å². The molecule has 0 N–H and O–H groups in total. The van der Waals surface area contributed by atoms with Crippen LogP contribution in [0.4, 0.5) is 0 Å². The summed E-state index contributed by atoms with van der Waals surface area (Å²) in [5, 5.41) is 0.919. The predicted octanol–water partition coefficient (Wildman–Crippen LogP) is 2.64. The van der Waals surface area contributed by atoms with Gasteiger partial charge in [-0.25, -0.2) is 4.79 Å². The molecule has 4 nitrogen and oxygen atoms in total. The lowest BCUT2D eigenvalue weighted by Crippen LogP contribution is -2.25. The van der Waals surface area contributed by atoms with Crippen molar-refractivity contribution in [3.63, 3.8) is 0 Å². The van der Waals surface area contributed by atoms with E-state index in [1.165, 1.54) is 0 Å². The number of nitrogens with zero attached hydrogens (tertiary/aromatic N) is 1. The Kier molecular flexibility index (Phi) is 4.22. The van der Waals surface area contributed by atoms with Crippen molar-refractivity contribution in [2.75, 3.05) is 20.2 Å². The van der Waals surface area contributed by atoms with Gasteiger partial charge in [-0.3, -0.25) is 4.90 Å². The molecule has 0 fully saturated rings. The molecule has 1 aromatic carbocycles. The lowest BCUT2D eigenvalue weighted by Gasteiger charge is -2.17. The molecule has 1 aromatic heterocycles. The standard InChI is InChI=1S/C15H19NO3/c1-4-16(5-2)10-12-8-11-6-7-13(18-3)9-14(11)19-15(12)17/h6-9H,4-5,10H2,1-3H3. The van der Waals surface area contributed by atoms with Crippen molar-refractivity contribution in [3.05, 3.63) is 40.2 Å². The normalized spacial score (nSPS) is 11.2. The monoisotopic (exact) mass is 261 g/mol. The Morgan fingerprint density at radius 2 is 1.95 bits per heavy atom. The third-order valence-corrected chi connectivity index (χ3v) is 3.30. The number of ether oxygens (including phenoxy) is 1. The van der Waals surface area contributed by atoms with Gasteiger partial charge in [-0.15, -0.1) is 0 Å². The quantitative estimate of drug-likeness (QED) is 0.776. The first-order valence-corrected chi connectivity index (χ1v) is 6.51. The van der Waals surface area contributed by atoms with Crippen LogP contribution >= 0.6 is 0 Å². The van der Waals surface area contributed by atoms with Crippen molar-refractivity contribution in [2.45, 2.75) is 20.4 Å². The van der Waals surface area contributed by atoms with E-state index >= 15 is 0 Å². The van der Waals surface area contributed by atoms with E-state index < -0.39 is 0 Å². The van der Waals surface area contributed by atoms with Gasteiger partial charge in [-0.1, -0.05) is 13.8 Å². The highest BCUT2D eigenvalue weighted by Crippen LogP contribution is 2.20. The molecule has 0 unspecified atom stereocenters. The SMILES string of the molecule is CCN(CC)Cc1cc2ccc(OC)cc2oc1=O. The second-order valence-corrected chi connectivity index (χ2v) is 4.42. The zero-order valence-electron chi connectivity index (χ0n) is 11.6. The van der Waals surface area contributed by atoms with Gasteiger partial charge in [0, 0.05) is 18.0 Å². The van der Waals surface area contributed by atoms with Crippen LogP contribution in [0.2, 0.25) is 0 Å². The number of rotatable bonds is 5. The predicted molar refractivity (Wildman–Crippen MR) is 75.7 cm³/mol. The third kappa shape index (κ3) is 2.96. The van der Waals surface area contributed by atoms with Gasteiger partial charge in [0.15, 0.2) is 0 Å². The fourth-order valence-corrected chi connectivity index (χ4v) is 2.06. The highest BCUT2D eigenvalue weighted by Gasteiger charge is 2.09. The van der Waals surface area contributed by atoms with E-state index in [2.05, 4.69) is 18.7 Å². The highest BCUT2D eigenvalue weighted by molar-refractivity contribution is 5.78. The highest BCUT2D eigenvalue weighted by atomic mass is 16.5. The Morgan fingerprint density at radius 3 is 2.58 bits per heavy atom. The summed E-state index contributed by atoms with van der Waals surface area (Å²) in [6.07, 6.45) is 0. The first-order valence-electron chi connectivity index (χ1n) is 6.51. The summed E-state index contributed by atoms with van der Waals surface area (Å²) in [7, 11) is 1.59. The Labute approximate surface area is 112 Å². The lowest BCUT2D eigenvalue weighted by atomic mass is 10.1. The van der Waals surface area contributed by atoms with E-state index in [1.54, 1.807) is 13.2 Å². The van der Waals surface area contributed by atoms with Gasteiger partial charge < -0.3 is 9.15 Å². The molecule has 0 saturated carbocycles. The Morgan fingerprint density at radius 1 is 1.21 bits per heavy atom. The number of benzene rings is 1. The summed E-state index contributed by atoms with van der Waals surface area (Å²) >= 11 is 0. The summed E-state index contributed by atoms with van der Waals surface area (Å²) < 4.78 is 10.5. The Bertz CT molecular complexity index is 614. The first-order chi connectivity index (χ1) is 9.17. The smallest absolute Gasteiger partial charge is 0.340 e. The van der Waals surface area contributed by atoms with E-state index in [-0.39, 0.29) is 5.63 Å². The van der Waals surface area contributed by atoms with Crippen molar-refractivity contribution in [2.24, 2.45) is 0 Å². The van der Waals surface area contributed by atoms with Gasteiger partial charge >= 0.3 is 5.63 Å². The maximum atomic E-state index is 12.0. The molecule has 0 bridgehead atoms. The van der Waals surface area contributed by atoms with E-state index in [0.29, 0.717) is 23.4 Å². The fraction of sp³-hybridized carbons (Fsp3) is 0.400. The summed E-state index contributed by atoms with van der Waals surface area (Å²) in [4.78, 5) is 14.1.